The molecule has 2 aromatic rings. The number of benzene rings is 2. The van der Waals surface area contributed by atoms with Gasteiger partial charge in [-0.25, -0.2) is 0 Å². The lowest BCUT2D eigenvalue weighted by molar-refractivity contribution is 0.250. The van der Waals surface area contributed by atoms with E-state index in [1.54, 1.807) is 0 Å². The van der Waals surface area contributed by atoms with Crippen LogP contribution in [0.4, 0.5) is 0 Å². The Balaban J connectivity index is 0.000000769. The predicted molar refractivity (Wildman–Crippen MR) is 145 cm³/mol. The molecule has 0 amide bonds. The van der Waals surface area contributed by atoms with Gasteiger partial charge in [-0.2, -0.15) is 0 Å². The molecule has 1 heteroatoms. The fourth-order valence-electron chi connectivity index (χ4n) is 4.44. The van der Waals surface area contributed by atoms with Crippen LogP contribution >= 0.6 is 0 Å². The molecule has 0 aliphatic carbocycles. The lowest BCUT2D eigenvalue weighted by Gasteiger charge is -2.38. The quantitative estimate of drug-likeness (QED) is 0.476. The third kappa shape index (κ3) is 8.58. The van der Waals surface area contributed by atoms with Crippen LogP contribution in [0.3, 0.4) is 0 Å². The molecule has 1 heterocycles. The van der Waals surface area contributed by atoms with Gasteiger partial charge in [0.05, 0.1) is 0 Å². The minimum absolute atomic E-state index is 0.424. The van der Waals surface area contributed by atoms with E-state index in [1.807, 2.05) is 0 Å². The van der Waals surface area contributed by atoms with E-state index >= 15 is 0 Å². The Bertz CT molecular complexity index is 759. The van der Waals surface area contributed by atoms with Crippen LogP contribution in [0.1, 0.15) is 114 Å². The van der Waals surface area contributed by atoms with Gasteiger partial charge >= 0.3 is 0 Å². The lowest BCUT2D eigenvalue weighted by Crippen LogP contribution is -2.37. The summed E-state index contributed by atoms with van der Waals surface area (Å²) in [5.74, 6) is 1.18. The monoisotopic (exact) mass is 435 g/mol. The van der Waals surface area contributed by atoms with Crippen LogP contribution in [-0.4, -0.2) is 6.54 Å². The van der Waals surface area contributed by atoms with E-state index in [0.717, 1.165) is 19.4 Å². The van der Waals surface area contributed by atoms with Gasteiger partial charge in [0.2, 0.25) is 0 Å². The van der Waals surface area contributed by atoms with Gasteiger partial charge in [-0.05, 0) is 78.5 Å². The fraction of sp³-hybridized carbons (Fsp3) is 0.548. The molecule has 1 N–H and O–H groups in total. The zero-order chi connectivity index (χ0) is 23.9. The molecule has 0 aromatic heterocycles. The highest BCUT2D eigenvalue weighted by Gasteiger charge is 2.32. The van der Waals surface area contributed by atoms with Crippen LogP contribution in [0.2, 0.25) is 0 Å². The lowest BCUT2D eigenvalue weighted by atomic mass is 9.74. The maximum atomic E-state index is 4.31. The molecule has 0 spiro atoms. The molecule has 2 aromatic carbocycles. The van der Waals surface area contributed by atoms with Gasteiger partial charge in [0.15, 0.2) is 0 Å². The summed E-state index contributed by atoms with van der Waals surface area (Å²) in [6, 6.07) is 18.4. The van der Waals surface area contributed by atoms with Gasteiger partial charge in [-0.15, -0.1) is 0 Å². The summed E-state index contributed by atoms with van der Waals surface area (Å²) < 4.78 is 0. The van der Waals surface area contributed by atoms with Gasteiger partial charge in [-0.3, -0.25) is 0 Å². The van der Waals surface area contributed by atoms with Crippen molar-refractivity contribution in [2.75, 3.05) is 6.54 Å². The largest absolute Gasteiger partial charge is 0.310 e. The Morgan fingerprint density at radius 3 is 2.22 bits per heavy atom. The molecular formula is C31H49N. The van der Waals surface area contributed by atoms with Gasteiger partial charge in [-0.1, -0.05) is 110 Å². The van der Waals surface area contributed by atoms with Crippen LogP contribution in [0.15, 0.2) is 55.1 Å². The molecular weight excluding hydrogens is 386 g/mol. The molecule has 1 fully saturated rings. The van der Waals surface area contributed by atoms with Crippen molar-refractivity contribution in [3.05, 3.63) is 77.4 Å². The Morgan fingerprint density at radius 1 is 1.00 bits per heavy atom. The summed E-state index contributed by atoms with van der Waals surface area (Å²) in [5, 5.41) is 3.85. The zero-order valence-electron chi connectivity index (χ0n) is 22.0. The number of piperidine rings is 1. The van der Waals surface area contributed by atoms with E-state index in [9.17, 15) is 0 Å². The number of hydrogen-bond donors (Lipinski definition) is 1. The van der Waals surface area contributed by atoms with E-state index in [0.29, 0.717) is 17.9 Å². The highest BCUT2D eigenvalue weighted by Crippen LogP contribution is 2.41. The number of allylic oxidation sites excluding steroid dienone is 1. The molecule has 1 nitrogen and oxygen atoms in total. The molecule has 178 valence electrons. The number of rotatable bonds is 6. The van der Waals surface area contributed by atoms with Crippen molar-refractivity contribution in [1.29, 1.82) is 0 Å². The van der Waals surface area contributed by atoms with Crippen LogP contribution in [0, 0.1) is 12.8 Å². The Kier molecular flexibility index (Phi) is 14.0. The second-order valence-corrected chi connectivity index (χ2v) is 9.28. The van der Waals surface area contributed by atoms with Crippen LogP contribution in [-0.2, 0) is 0 Å². The SMILES string of the molecule is C=C(CCC)c1ccc(C)c(C2NCCCC2C(C)c2ccccc2)c1.CCC.CCC. The van der Waals surface area contributed by atoms with Crippen molar-refractivity contribution < 1.29 is 0 Å². The maximum Gasteiger partial charge on any atom is 0.0357 e. The Hall–Kier alpha value is -1.86. The molecule has 1 saturated heterocycles. The molecule has 1 aliphatic heterocycles. The average Bonchev–Trinajstić information content (AvgIpc) is 2.81. The van der Waals surface area contributed by atoms with Crippen molar-refractivity contribution >= 4 is 5.57 Å². The highest BCUT2D eigenvalue weighted by atomic mass is 14.9. The first-order valence-corrected chi connectivity index (χ1v) is 13.0. The van der Waals surface area contributed by atoms with Crippen molar-refractivity contribution in [2.24, 2.45) is 5.92 Å². The van der Waals surface area contributed by atoms with E-state index in [-0.39, 0.29) is 0 Å². The Labute approximate surface area is 199 Å². The average molecular weight is 436 g/mol. The molecule has 3 rings (SSSR count). The van der Waals surface area contributed by atoms with Crippen molar-refractivity contribution in [3.63, 3.8) is 0 Å². The molecule has 0 radical (unpaired) electrons. The van der Waals surface area contributed by atoms with E-state index in [4.69, 9.17) is 0 Å². The first-order valence-electron chi connectivity index (χ1n) is 13.0. The number of hydrogen-bond acceptors (Lipinski definition) is 1. The van der Waals surface area contributed by atoms with E-state index in [1.165, 1.54) is 53.5 Å². The molecule has 3 atom stereocenters. The van der Waals surface area contributed by atoms with Crippen molar-refractivity contribution in [1.82, 2.24) is 5.32 Å². The van der Waals surface area contributed by atoms with Crippen molar-refractivity contribution in [2.45, 2.75) is 99.0 Å². The highest BCUT2D eigenvalue weighted by molar-refractivity contribution is 5.64. The smallest absolute Gasteiger partial charge is 0.0357 e. The number of nitrogens with one attached hydrogen (secondary N) is 1. The summed E-state index contributed by atoms with van der Waals surface area (Å²) >= 11 is 0. The van der Waals surface area contributed by atoms with Crippen LogP contribution in [0.5, 0.6) is 0 Å². The van der Waals surface area contributed by atoms with Crippen LogP contribution < -0.4 is 5.32 Å². The maximum absolute atomic E-state index is 4.31. The molecule has 0 saturated carbocycles. The molecule has 3 unspecified atom stereocenters. The third-order valence-corrected chi connectivity index (χ3v) is 6.05. The second kappa shape index (κ2) is 15.9. The molecule has 32 heavy (non-hydrogen) atoms. The van der Waals surface area contributed by atoms with Gasteiger partial charge in [0, 0.05) is 6.04 Å². The first kappa shape index (κ1) is 28.2. The van der Waals surface area contributed by atoms with Gasteiger partial charge in [0.25, 0.3) is 0 Å². The summed E-state index contributed by atoms with van der Waals surface area (Å²) in [7, 11) is 0. The molecule has 0 bridgehead atoms. The topological polar surface area (TPSA) is 12.0 Å². The van der Waals surface area contributed by atoms with Crippen molar-refractivity contribution in [3.8, 4) is 0 Å². The third-order valence-electron chi connectivity index (χ3n) is 6.05. The standard InChI is InChI=1S/C25H33N.2C3H8/c1-5-10-18(2)22-15-14-19(3)24(17-22)25-23(13-9-16-26-25)20(4)21-11-7-6-8-12-21;2*1-3-2/h6-8,11-12,14-15,17,20,23,25-26H,2,5,9-10,13,16H2,1,3-4H3;2*3H2,1-2H3. The first-order chi connectivity index (χ1) is 15.4. The summed E-state index contributed by atoms with van der Waals surface area (Å²) in [4.78, 5) is 0. The summed E-state index contributed by atoms with van der Waals surface area (Å²) in [6.07, 6.45) is 7.27. The fourth-order valence-corrected chi connectivity index (χ4v) is 4.44. The molecule has 1 aliphatic rings. The zero-order valence-corrected chi connectivity index (χ0v) is 22.0. The minimum Gasteiger partial charge on any atom is -0.310 e. The minimum atomic E-state index is 0.424. The number of aryl methyl sites for hydroxylation is 1. The summed E-state index contributed by atoms with van der Waals surface area (Å²) in [5.41, 5.74) is 6.88. The van der Waals surface area contributed by atoms with Crippen LogP contribution in [0.25, 0.3) is 5.57 Å². The second-order valence-electron chi connectivity index (χ2n) is 9.28. The van der Waals surface area contributed by atoms with Gasteiger partial charge in [0.1, 0.15) is 0 Å². The van der Waals surface area contributed by atoms with Gasteiger partial charge < -0.3 is 5.32 Å². The Morgan fingerprint density at radius 2 is 1.62 bits per heavy atom. The van der Waals surface area contributed by atoms with E-state index < -0.39 is 0 Å². The van der Waals surface area contributed by atoms with E-state index in [2.05, 4.69) is 109 Å². The normalized spacial score (nSPS) is 18.5. The summed E-state index contributed by atoms with van der Waals surface area (Å²) in [6.45, 7) is 20.8. The predicted octanol–water partition coefficient (Wildman–Crippen LogP) is 9.49.